The standard InChI is InChI=1S/C34H35N5O4/c1-23-19-26(35-34(40)41)17-18-39(23)27-13-14-28-30(20-27)38(2)37-32(28)29-15-16-31(42-21-24-9-5-3-6-10-24)36-33(29)43-22-25-11-7-4-8-12-25/h3-16,20,23,26,35H,17-19,21-22H2,1-2H3,(H,40,41)/t23-,26-/m1/s1. The maximum atomic E-state index is 11.1. The van der Waals surface area contributed by atoms with E-state index < -0.39 is 6.09 Å². The lowest BCUT2D eigenvalue weighted by Gasteiger charge is -2.39. The molecule has 0 spiro atoms. The van der Waals surface area contributed by atoms with E-state index in [0.717, 1.165) is 58.4 Å². The van der Waals surface area contributed by atoms with Crippen LogP contribution in [0.2, 0.25) is 0 Å². The van der Waals surface area contributed by atoms with Crippen molar-refractivity contribution in [1.29, 1.82) is 0 Å². The third-order valence-corrected chi connectivity index (χ3v) is 7.91. The van der Waals surface area contributed by atoms with Gasteiger partial charge in [-0.25, -0.2) is 4.79 Å². The van der Waals surface area contributed by atoms with Gasteiger partial charge >= 0.3 is 6.09 Å². The number of fused-ring (bicyclic) bond motifs is 1. The molecule has 1 aliphatic heterocycles. The number of nitrogens with zero attached hydrogens (tertiary/aromatic N) is 4. The van der Waals surface area contributed by atoms with Gasteiger partial charge in [0.15, 0.2) is 0 Å². The molecule has 0 saturated carbocycles. The number of ether oxygens (including phenoxy) is 2. The molecular formula is C34H35N5O4. The minimum atomic E-state index is -0.966. The highest BCUT2D eigenvalue weighted by Crippen LogP contribution is 2.37. The van der Waals surface area contributed by atoms with Crippen molar-refractivity contribution in [2.75, 3.05) is 11.4 Å². The van der Waals surface area contributed by atoms with Gasteiger partial charge in [-0.2, -0.15) is 10.1 Å². The normalized spacial score (nSPS) is 16.7. The molecular weight excluding hydrogens is 542 g/mol. The third-order valence-electron chi connectivity index (χ3n) is 7.91. The number of anilines is 1. The van der Waals surface area contributed by atoms with Gasteiger partial charge in [0, 0.05) is 42.8 Å². The molecule has 0 bridgehead atoms. The quantitative estimate of drug-likeness (QED) is 0.209. The van der Waals surface area contributed by atoms with Gasteiger partial charge in [-0.15, -0.1) is 0 Å². The maximum Gasteiger partial charge on any atom is 0.404 e. The van der Waals surface area contributed by atoms with Crippen LogP contribution < -0.4 is 19.7 Å². The van der Waals surface area contributed by atoms with Gasteiger partial charge in [0.05, 0.1) is 11.1 Å². The van der Waals surface area contributed by atoms with Gasteiger partial charge in [0.2, 0.25) is 11.8 Å². The number of rotatable bonds is 9. The Morgan fingerprint density at radius 2 is 1.65 bits per heavy atom. The van der Waals surface area contributed by atoms with Crippen LogP contribution in [0.25, 0.3) is 22.2 Å². The van der Waals surface area contributed by atoms with Crippen LogP contribution >= 0.6 is 0 Å². The van der Waals surface area contributed by atoms with Crippen molar-refractivity contribution in [2.45, 2.75) is 45.1 Å². The van der Waals surface area contributed by atoms with E-state index in [2.05, 4.69) is 35.3 Å². The highest BCUT2D eigenvalue weighted by Gasteiger charge is 2.27. The van der Waals surface area contributed by atoms with Crippen LogP contribution in [0.5, 0.6) is 11.8 Å². The summed E-state index contributed by atoms with van der Waals surface area (Å²) in [5.41, 5.74) is 5.75. The van der Waals surface area contributed by atoms with Crippen LogP contribution in [0.15, 0.2) is 91.0 Å². The molecule has 2 atom stereocenters. The molecule has 0 aliphatic carbocycles. The van der Waals surface area contributed by atoms with E-state index in [1.54, 1.807) is 0 Å². The molecule has 9 nitrogen and oxygen atoms in total. The van der Waals surface area contributed by atoms with E-state index in [4.69, 9.17) is 24.7 Å². The zero-order chi connectivity index (χ0) is 29.8. The summed E-state index contributed by atoms with van der Waals surface area (Å²) in [6, 6.07) is 30.4. The molecule has 5 aromatic rings. The number of nitrogens with one attached hydrogen (secondary N) is 1. The smallest absolute Gasteiger partial charge is 0.404 e. The van der Waals surface area contributed by atoms with Crippen molar-refractivity contribution in [3.05, 3.63) is 102 Å². The zero-order valence-corrected chi connectivity index (χ0v) is 24.3. The van der Waals surface area contributed by atoms with E-state index >= 15 is 0 Å². The van der Waals surface area contributed by atoms with E-state index in [0.29, 0.717) is 25.0 Å². The number of aryl methyl sites for hydroxylation is 1. The monoisotopic (exact) mass is 577 g/mol. The molecule has 6 rings (SSSR count). The van der Waals surface area contributed by atoms with E-state index in [9.17, 15) is 4.79 Å². The minimum Gasteiger partial charge on any atom is -0.473 e. The fraction of sp³-hybridized carbons (Fsp3) is 0.265. The second-order valence-corrected chi connectivity index (χ2v) is 10.9. The van der Waals surface area contributed by atoms with Gasteiger partial charge in [-0.1, -0.05) is 60.7 Å². The highest BCUT2D eigenvalue weighted by atomic mass is 16.5. The van der Waals surface area contributed by atoms with Crippen LogP contribution in [-0.4, -0.2) is 44.6 Å². The molecule has 1 saturated heterocycles. The Balaban J connectivity index is 1.29. The predicted octanol–water partition coefficient (Wildman–Crippen LogP) is 6.42. The Morgan fingerprint density at radius 1 is 0.953 bits per heavy atom. The molecule has 9 heteroatoms. The second kappa shape index (κ2) is 12.4. The van der Waals surface area contributed by atoms with E-state index in [1.165, 1.54) is 0 Å². The summed E-state index contributed by atoms with van der Waals surface area (Å²) in [7, 11) is 1.94. The number of hydrogen-bond acceptors (Lipinski definition) is 6. The van der Waals surface area contributed by atoms with Gasteiger partial charge in [0.25, 0.3) is 0 Å². The summed E-state index contributed by atoms with van der Waals surface area (Å²) in [5, 5.41) is 17.7. The predicted molar refractivity (Wildman–Crippen MR) is 166 cm³/mol. The summed E-state index contributed by atoms with van der Waals surface area (Å²) >= 11 is 0. The molecule has 3 aromatic carbocycles. The average molecular weight is 578 g/mol. The summed E-state index contributed by atoms with van der Waals surface area (Å²) in [5.74, 6) is 0.938. The van der Waals surface area contributed by atoms with Crippen LogP contribution in [-0.2, 0) is 20.3 Å². The van der Waals surface area contributed by atoms with Crippen LogP contribution in [0.4, 0.5) is 10.5 Å². The van der Waals surface area contributed by atoms with Gasteiger partial charge in [-0.05, 0) is 55.2 Å². The summed E-state index contributed by atoms with van der Waals surface area (Å²) < 4.78 is 14.2. The second-order valence-electron chi connectivity index (χ2n) is 10.9. The molecule has 43 heavy (non-hydrogen) atoms. The van der Waals surface area contributed by atoms with Gasteiger partial charge < -0.3 is 24.8 Å². The average Bonchev–Trinajstić information content (AvgIpc) is 3.35. The Hall–Kier alpha value is -5.05. The molecule has 220 valence electrons. The lowest BCUT2D eigenvalue weighted by atomic mass is 9.97. The van der Waals surface area contributed by atoms with Crippen molar-refractivity contribution in [2.24, 2.45) is 7.05 Å². The molecule has 3 heterocycles. The summed E-state index contributed by atoms with van der Waals surface area (Å²) in [6.45, 7) is 3.68. The van der Waals surface area contributed by atoms with Crippen molar-refractivity contribution < 1.29 is 19.4 Å². The molecule has 0 unspecified atom stereocenters. The fourth-order valence-corrected chi connectivity index (χ4v) is 5.74. The van der Waals surface area contributed by atoms with E-state index in [-0.39, 0.29) is 12.1 Å². The first-order valence-corrected chi connectivity index (χ1v) is 14.5. The molecule has 1 aliphatic rings. The van der Waals surface area contributed by atoms with Gasteiger partial charge in [-0.3, -0.25) is 4.68 Å². The number of amides is 1. The Kier molecular flexibility index (Phi) is 8.13. The first-order valence-electron chi connectivity index (χ1n) is 14.5. The number of piperidine rings is 1. The largest absolute Gasteiger partial charge is 0.473 e. The van der Waals surface area contributed by atoms with E-state index in [1.807, 2.05) is 84.5 Å². The van der Waals surface area contributed by atoms with Crippen molar-refractivity contribution in [3.63, 3.8) is 0 Å². The molecule has 2 aromatic heterocycles. The first-order chi connectivity index (χ1) is 20.9. The fourth-order valence-electron chi connectivity index (χ4n) is 5.74. The van der Waals surface area contributed by atoms with Crippen molar-refractivity contribution in [1.82, 2.24) is 20.1 Å². The third kappa shape index (κ3) is 6.40. The van der Waals surface area contributed by atoms with Crippen molar-refractivity contribution >= 4 is 22.7 Å². The van der Waals surface area contributed by atoms with Crippen LogP contribution in [0, 0.1) is 0 Å². The molecule has 1 fully saturated rings. The number of pyridine rings is 1. The molecule has 0 radical (unpaired) electrons. The summed E-state index contributed by atoms with van der Waals surface area (Å²) in [4.78, 5) is 18.2. The topological polar surface area (TPSA) is 102 Å². The zero-order valence-electron chi connectivity index (χ0n) is 24.3. The number of aromatic nitrogens is 3. The molecule has 1 amide bonds. The first kappa shape index (κ1) is 28.1. The Bertz CT molecular complexity index is 1710. The number of carbonyl (C=O) groups is 1. The Labute approximate surface area is 250 Å². The Morgan fingerprint density at radius 3 is 2.33 bits per heavy atom. The lowest BCUT2D eigenvalue weighted by molar-refractivity contribution is 0.186. The highest BCUT2D eigenvalue weighted by molar-refractivity contribution is 5.96. The van der Waals surface area contributed by atoms with Crippen LogP contribution in [0.1, 0.15) is 30.9 Å². The number of benzene rings is 3. The number of carboxylic acid groups (broad SMARTS) is 1. The lowest BCUT2D eigenvalue weighted by Crippen LogP contribution is -2.48. The van der Waals surface area contributed by atoms with Crippen LogP contribution in [0.3, 0.4) is 0 Å². The maximum absolute atomic E-state index is 11.1. The van der Waals surface area contributed by atoms with Gasteiger partial charge in [0.1, 0.15) is 18.9 Å². The minimum absolute atomic E-state index is 0.0303. The molecule has 2 N–H and O–H groups in total. The van der Waals surface area contributed by atoms with Crippen molar-refractivity contribution in [3.8, 4) is 23.0 Å². The summed E-state index contributed by atoms with van der Waals surface area (Å²) in [6.07, 6.45) is 0.553. The SMILES string of the molecule is C[C@@H]1C[C@H](NC(=O)O)CCN1c1ccc2c(-c3ccc(OCc4ccccc4)nc3OCc3ccccc3)nn(C)c2c1. The number of hydrogen-bond donors (Lipinski definition) is 2.